The zero-order valence-corrected chi connectivity index (χ0v) is 10.1. The lowest BCUT2D eigenvalue weighted by Crippen LogP contribution is -1.99. The minimum Gasteiger partial charge on any atom is -0.482 e. The Balaban J connectivity index is 2.22. The summed E-state index contributed by atoms with van der Waals surface area (Å²) in [6, 6.07) is 3.98. The molecule has 1 aromatic carbocycles. The van der Waals surface area contributed by atoms with E-state index in [1.165, 1.54) is 18.2 Å². The second-order valence-corrected chi connectivity index (χ2v) is 3.91. The zero-order chi connectivity index (χ0) is 13.8. The third-order valence-corrected chi connectivity index (χ3v) is 2.47. The van der Waals surface area contributed by atoms with Gasteiger partial charge in [0.15, 0.2) is 5.75 Å². The molecule has 2 aromatic rings. The van der Waals surface area contributed by atoms with Crippen LogP contribution in [0, 0.1) is 10.1 Å². The number of rotatable bonds is 5. The summed E-state index contributed by atoms with van der Waals surface area (Å²) in [6.07, 6.45) is 3.96. The van der Waals surface area contributed by atoms with Gasteiger partial charge < -0.3 is 4.74 Å². The van der Waals surface area contributed by atoms with E-state index in [9.17, 15) is 14.9 Å². The van der Waals surface area contributed by atoms with Crippen LogP contribution >= 0.6 is 0 Å². The summed E-state index contributed by atoms with van der Waals surface area (Å²) < 4.78 is 6.99. The number of benzene rings is 1. The number of ether oxygens (including phenoxy) is 1. The molecule has 0 spiro atoms. The highest BCUT2D eigenvalue weighted by Gasteiger charge is 2.15. The molecule has 0 radical (unpaired) electrons. The van der Waals surface area contributed by atoms with E-state index in [0.29, 0.717) is 11.8 Å². The molecule has 0 aliphatic rings. The Morgan fingerprint density at radius 1 is 1.53 bits per heavy atom. The molecule has 0 unspecified atom stereocenters. The summed E-state index contributed by atoms with van der Waals surface area (Å²) >= 11 is 0. The summed E-state index contributed by atoms with van der Waals surface area (Å²) in [6.45, 7) is 0.150. The molecule has 0 N–H and O–H groups in total. The van der Waals surface area contributed by atoms with Crippen molar-refractivity contribution < 1.29 is 14.5 Å². The van der Waals surface area contributed by atoms with E-state index in [4.69, 9.17) is 4.74 Å². The first kappa shape index (κ1) is 12.7. The molecule has 0 aliphatic heterocycles. The van der Waals surface area contributed by atoms with Crippen LogP contribution in [0.25, 0.3) is 0 Å². The lowest BCUT2D eigenvalue weighted by molar-refractivity contribution is -0.385. The Bertz CT molecular complexity index is 621. The second-order valence-electron chi connectivity index (χ2n) is 3.91. The molecule has 0 saturated carbocycles. The van der Waals surface area contributed by atoms with Gasteiger partial charge in [-0.05, 0) is 12.1 Å². The van der Waals surface area contributed by atoms with E-state index < -0.39 is 4.92 Å². The van der Waals surface area contributed by atoms with Gasteiger partial charge in [0, 0.05) is 30.4 Å². The number of nitro benzene ring substituents is 1. The van der Waals surface area contributed by atoms with Gasteiger partial charge in [-0.3, -0.25) is 19.6 Å². The van der Waals surface area contributed by atoms with Crippen molar-refractivity contribution in [3.8, 4) is 5.75 Å². The number of nitrogens with zero attached hydrogens (tertiary/aromatic N) is 3. The summed E-state index contributed by atoms with van der Waals surface area (Å²) in [7, 11) is 1.76. The van der Waals surface area contributed by atoms with Crippen molar-refractivity contribution in [3.05, 3.63) is 51.8 Å². The molecular formula is C12H11N3O4. The van der Waals surface area contributed by atoms with Crippen molar-refractivity contribution in [1.82, 2.24) is 9.78 Å². The molecular weight excluding hydrogens is 250 g/mol. The number of carbonyl (C=O) groups excluding carboxylic acids is 1. The lowest BCUT2D eigenvalue weighted by Gasteiger charge is -2.05. The second kappa shape index (κ2) is 5.30. The fraction of sp³-hybridized carbons (Fsp3) is 0.167. The molecule has 1 heterocycles. The van der Waals surface area contributed by atoms with Gasteiger partial charge in [-0.1, -0.05) is 0 Å². The van der Waals surface area contributed by atoms with Crippen molar-refractivity contribution >= 4 is 12.0 Å². The highest BCUT2D eigenvalue weighted by molar-refractivity contribution is 5.76. The van der Waals surface area contributed by atoms with Crippen LogP contribution in [0.5, 0.6) is 5.75 Å². The molecule has 19 heavy (non-hydrogen) atoms. The monoisotopic (exact) mass is 261 g/mol. The highest BCUT2D eigenvalue weighted by Crippen LogP contribution is 2.28. The van der Waals surface area contributed by atoms with E-state index in [1.54, 1.807) is 24.1 Å². The first-order chi connectivity index (χ1) is 9.10. The standard InChI is InChI=1S/C12H11N3O4/c1-14-6-10(5-13-14)8-19-12-4-9(7-16)2-3-11(12)15(17)18/h2-7H,8H2,1H3. The Labute approximate surface area is 108 Å². The van der Waals surface area contributed by atoms with Crippen LogP contribution in [0.1, 0.15) is 15.9 Å². The van der Waals surface area contributed by atoms with Gasteiger partial charge in [0.1, 0.15) is 12.9 Å². The van der Waals surface area contributed by atoms with Crippen LogP contribution in [0.2, 0.25) is 0 Å². The van der Waals surface area contributed by atoms with Crippen molar-refractivity contribution in [2.45, 2.75) is 6.61 Å². The number of aromatic nitrogens is 2. The first-order valence-electron chi connectivity index (χ1n) is 5.44. The summed E-state index contributed by atoms with van der Waals surface area (Å²) in [4.78, 5) is 21.0. The Morgan fingerprint density at radius 2 is 2.32 bits per heavy atom. The molecule has 0 aliphatic carbocycles. The third kappa shape index (κ3) is 2.95. The van der Waals surface area contributed by atoms with Crippen molar-refractivity contribution in [2.75, 3.05) is 0 Å². The van der Waals surface area contributed by atoms with E-state index in [1.807, 2.05) is 0 Å². The number of nitro groups is 1. The molecule has 0 atom stereocenters. The van der Waals surface area contributed by atoms with Gasteiger partial charge >= 0.3 is 5.69 Å². The van der Waals surface area contributed by atoms with Gasteiger partial charge in [0.2, 0.25) is 0 Å². The Kier molecular flexibility index (Phi) is 3.56. The third-order valence-electron chi connectivity index (χ3n) is 2.47. The van der Waals surface area contributed by atoms with Gasteiger partial charge in [0.25, 0.3) is 0 Å². The minimum absolute atomic E-state index is 0.0680. The predicted octanol–water partition coefficient (Wildman–Crippen LogP) is 1.72. The number of hydrogen-bond donors (Lipinski definition) is 0. The fourth-order valence-electron chi connectivity index (χ4n) is 1.58. The predicted molar refractivity (Wildman–Crippen MR) is 66.0 cm³/mol. The van der Waals surface area contributed by atoms with Crippen molar-refractivity contribution in [1.29, 1.82) is 0 Å². The zero-order valence-electron chi connectivity index (χ0n) is 10.1. The molecule has 98 valence electrons. The highest BCUT2D eigenvalue weighted by atomic mass is 16.6. The minimum atomic E-state index is -0.548. The average molecular weight is 261 g/mol. The Hall–Kier alpha value is -2.70. The van der Waals surface area contributed by atoms with E-state index in [2.05, 4.69) is 5.10 Å². The number of aryl methyl sites for hydroxylation is 1. The smallest absolute Gasteiger partial charge is 0.310 e. The van der Waals surface area contributed by atoms with Crippen LogP contribution in [0.4, 0.5) is 5.69 Å². The number of aldehydes is 1. The molecule has 2 rings (SSSR count). The van der Waals surface area contributed by atoms with Crippen LogP contribution < -0.4 is 4.74 Å². The molecule has 0 fully saturated rings. The topological polar surface area (TPSA) is 87.3 Å². The van der Waals surface area contributed by atoms with E-state index in [-0.39, 0.29) is 18.0 Å². The lowest BCUT2D eigenvalue weighted by atomic mass is 10.2. The quantitative estimate of drug-likeness (QED) is 0.464. The van der Waals surface area contributed by atoms with Crippen molar-refractivity contribution in [3.63, 3.8) is 0 Å². The van der Waals surface area contributed by atoms with Crippen LogP contribution in [-0.2, 0) is 13.7 Å². The Morgan fingerprint density at radius 3 is 2.89 bits per heavy atom. The first-order valence-corrected chi connectivity index (χ1v) is 5.44. The van der Waals surface area contributed by atoms with E-state index >= 15 is 0 Å². The molecule has 0 amide bonds. The maximum atomic E-state index is 10.9. The summed E-state index contributed by atoms with van der Waals surface area (Å²) in [5.41, 5.74) is 0.939. The van der Waals surface area contributed by atoms with E-state index in [0.717, 1.165) is 5.56 Å². The van der Waals surface area contributed by atoms with Crippen LogP contribution in [-0.4, -0.2) is 21.0 Å². The largest absolute Gasteiger partial charge is 0.482 e. The van der Waals surface area contributed by atoms with Gasteiger partial charge in [-0.2, -0.15) is 5.10 Å². The van der Waals surface area contributed by atoms with Gasteiger partial charge in [-0.15, -0.1) is 0 Å². The molecule has 0 bridgehead atoms. The maximum absolute atomic E-state index is 10.9. The normalized spacial score (nSPS) is 10.2. The van der Waals surface area contributed by atoms with Gasteiger partial charge in [-0.25, -0.2) is 0 Å². The van der Waals surface area contributed by atoms with Gasteiger partial charge in [0.05, 0.1) is 11.1 Å². The van der Waals surface area contributed by atoms with Crippen LogP contribution in [0.3, 0.4) is 0 Å². The van der Waals surface area contributed by atoms with Crippen LogP contribution in [0.15, 0.2) is 30.6 Å². The molecule has 1 aromatic heterocycles. The molecule has 7 nitrogen and oxygen atoms in total. The SMILES string of the molecule is Cn1cc(COc2cc(C=O)ccc2[N+](=O)[O-])cn1. The number of carbonyl (C=O) groups is 1. The maximum Gasteiger partial charge on any atom is 0.310 e. The fourth-order valence-corrected chi connectivity index (χ4v) is 1.58. The molecule has 7 heteroatoms. The van der Waals surface area contributed by atoms with Crippen molar-refractivity contribution in [2.24, 2.45) is 7.05 Å². The molecule has 0 saturated heterocycles. The number of hydrogen-bond acceptors (Lipinski definition) is 5. The summed E-state index contributed by atoms with van der Waals surface area (Å²) in [5.74, 6) is 0.0680. The summed E-state index contributed by atoms with van der Waals surface area (Å²) in [5, 5.41) is 14.8. The average Bonchev–Trinajstić information content (AvgIpc) is 2.81.